The molecule has 3 aromatic heterocycles. The Morgan fingerprint density at radius 3 is 2.64 bits per heavy atom. The van der Waals surface area contributed by atoms with Gasteiger partial charge in [-0.05, 0) is 38.6 Å². The summed E-state index contributed by atoms with van der Waals surface area (Å²) in [7, 11) is 4.40. The molecule has 0 bridgehead atoms. The molecule has 232 valence electrons. The molecule has 5 unspecified atom stereocenters. The lowest BCUT2D eigenvalue weighted by Crippen LogP contribution is -2.35. The smallest absolute Gasteiger partial charge is 0.330 e. The largest absolute Gasteiger partial charge is 0.493 e. The third-order valence-electron chi connectivity index (χ3n) is 6.74. The Morgan fingerprint density at radius 2 is 2.02 bits per heavy atom. The van der Waals surface area contributed by atoms with Gasteiger partial charge in [-0.1, -0.05) is 6.92 Å². The summed E-state index contributed by atoms with van der Waals surface area (Å²) in [5.41, 5.74) is 6.57. The van der Waals surface area contributed by atoms with Crippen molar-refractivity contribution in [3.05, 3.63) is 22.5 Å². The molecule has 3 aromatic rings. The van der Waals surface area contributed by atoms with E-state index in [2.05, 4.69) is 20.0 Å². The van der Waals surface area contributed by atoms with Gasteiger partial charge in [0.1, 0.15) is 12.3 Å². The third-order valence-corrected chi connectivity index (χ3v) is 10.7. The van der Waals surface area contributed by atoms with Crippen molar-refractivity contribution in [2.24, 2.45) is 20.0 Å². The van der Waals surface area contributed by atoms with Gasteiger partial charge in [-0.15, -0.1) is 0 Å². The summed E-state index contributed by atoms with van der Waals surface area (Å²) in [6, 6.07) is -0.965. The average molecular weight is 629 g/mol. The molecular formula is C24H37N8O8PS. The minimum Gasteiger partial charge on any atom is -0.493 e. The molecule has 1 fully saturated rings. The number of hydrogen-bond acceptors (Lipinski definition) is 13. The Kier molecular flexibility index (Phi) is 9.57. The summed E-state index contributed by atoms with van der Waals surface area (Å²) in [6.07, 6.45) is 0.832. The van der Waals surface area contributed by atoms with E-state index in [0.29, 0.717) is 17.6 Å². The number of hydrogen-bond donors (Lipinski definition) is 3. The van der Waals surface area contributed by atoms with Crippen molar-refractivity contribution in [3.63, 3.8) is 0 Å². The van der Waals surface area contributed by atoms with Crippen molar-refractivity contribution < 1.29 is 33.2 Å². The number of imidazole rings is 2. The minimum absolute atomic E-state index is 0.00563. The summed E-state index contributed by atoms with van der Waals surface area (Å²) in [4.78, 5) is 37.5. The van der Waals surface area contributed by atoms with Crippen molar-refractivity contribution >= 4 is 41.2 Å². The highest BCUT2D eigenvalue weighted by atomic mass is 32.7. The van der Waals surface area contributed by atoms with Crippen molar-refractivity contribution in [2.45, 2.75) is 64.3 Å². The number of methoxy groups -OCH3 is 1. The number of ether oxygens (including phenoxy) is 3. The van der Waals surface area contributed by atoms with Crippen LogP contribution < -0.4 is 21.2 Å². The van der Waals surface area contributed by atoms with Gasteiger partial charge in [-0.25, -0.2) is 14.9 Å². The van der Waals surface area contributed by atoms with Crippen molar-refractivity contribution in [2.75, 3.05) is 19.5 Å². The van der Waals surface area contributed by atoms with Crippen LogP contribution in [0.25, 0.3) is 11.2 Å². The molecule has 1 aliphatic rings. The molecule has 4 N–H and O–H groups in total. The van der Waals surface area contributed by atoms with E-state index in [4.69, 9.17) is 24.5 Å². The first-order valence-corrected chi connectivity index (χ1v) is 16.5. The Bertz CT molecular complexity index is 1560. The van der Waals surface area contributed by atoms with Crippen LogP contribution in [0.1, 0.15) is 46.0 Å². The lowest BCUT2D eigenvalue weighted by molar-refractivity contribution is -0.149. The number of carbonyl (C=O) groups is 1. The fourth-order valence-corrected chi connectivity index (χ4v) is 8.36. The molecule has 4 heterocycles. The molecule has 18 heteroatoms. The number of nitrogens with two attached hydrogens (primary N) is 1. The van der Waals surface area contributed by atoms with E-state index in [0.717, 1.165) is 15.9 Å². The first-order chi connectivity index (χ1) is 19.7. The number of fused-ring (bicyclic) bond motifs is 1. The number of aromatic hydroxyl groups is 1. The predicted molar refractivity (Wildman–Crippen MR) is 155 cm³/mol. The molecule has 0 amide bonds. The van der Waals surface area contributed by atoms with Crippen LogP contribution in [-0.4, -0.2) is 71.7 Å². The predicted octanol–water partition coefficient (Wildman–Crippen LogP) is 2.07. The van der Waals surface area contributed by atoms with E-state index in [1.807, 2.05) is 6.92 Å². The number of aromatic nitrogens is 6. The third kappa shape index (κ3) is 6.59. The van der Waals surface area contributed by atoms with Gasteiger partial charge in [0.25, 0.3) is 0 Å². The monoisotopic (exact) mass is 628 g/mol. The van der Waals surface area contributed by atoms with Crippen LogP contribution in [0.4, 0.5) is 5.95 Å². The number of nitrogens with one attached hydrogen (secondary N) is 1. The fourth-order valence-electron chi connectivity index (χ4n) is 4.60. The maximum Gasteiger partial charge on any atom is 0.330 e. The zero-order valence-corrected chi connectivity index (χ0v) is 26.2. The maximum atomic E-state index is 14.1. The molecule has 4 rings (SSSR count). The van der Waals surface area contributed by atoms with Crippen molar-refractivity contribution in [1.29, 1.82) is 0 Å². The Balaban J connectivity index is 1.51. The normalized spacial score (nSPS) is 21.1. The summed E-state index contributed by atoms with van der Waals surface area (Å²) >= 11 is 0.848. The van der Waals surface area contributed by atoms with E-state index in [1.165, 1.54) is 32.7 Å². The second-order valence-corrected chi connectivity index (χ2v) is 14.6. The molecule has 0 spiro atoms. The van der Waals surface area contributed by atoms with E-state index in [1.54, 1.807) is 24.7 Å². The number of esters is 1. The summed E-state index contributed by atoms with van der Waals surface area (Å²) < 4.78 is 40.9. The number of nitrogen functional groups attached to an aromatic ring is 1. The molecule has 5 atom stereocenters. The van der Waals surface area contributed by atoms with Crippen LogP contribution in [-0.2, 0) is 43.2 Å². The van der Waals surface area contributed by atoms with Gasteiger partial charge in [0, 0.05) is 25.8 Å². The second kappa shape index (κ2) is 12.6. The van der Waals surface area contributed by atoms with Crippen LogP contribution in [0.2, 0.25) is 0 Å². The molecule has 0 aromatic carbocycles. The van der Waals surface area contributed by atoms with Crippen LogP contribution in [0.3, 0.4) is 0 Å². The van der Waals surface area contributed by atoms with Gasteiger partial charge in [-0.2, -0.15) is 9.97 Å². The first kappa shape index (κ1) is 31.8. The standard InChI is InChI=1S/C24H37N8O8PS/c1-12(2)39-22(34)14(4)29-41(36,42-10-16-20(33)31(6)24(35)30(16)5)38-9-15-8-13(3)21(40-15)32-11-26-17-18(32)27-23(25)28-19(17)37-7/h11-15,21,33H,8-10H2,1-7H3,(H,29,36)(H2,25,27,28). The summed E-state index contributed by atoms with van der Waals surface area (Å²) in [6.45, 7) is 3.05. The van der Waals surface area contributed by atoms with Gasteiger partial charge in [-0.3, -0.25) is 23.1 Å². The zero-order valence-electron chi connectivity index (χ0n) is 24.5. The van der Waals surface area contributed by atoms with Crippen LogP contribution in [0.15, 0.2) is 11.1 Å². The van der Waals surface area contributed by atoms with Gasteiger partial charge in [0.05, 0.1) is 37.9 Å². The lowest BCUT2D eigenvalue weighted by Gasteiger charge is -2.24. The molecule has 1 saturated heterocycles. The number of nitrogens with zero attached hydrogens (tertiary/aromatic N) is 6. The highest BCUT2D eigenvalue weighted by Crippen LogP contribution is 2.58. The average Bonchev–Trinajstić information content (AvgIpc) is 3.56. The SMILES string of the molecule is COc1nc(N)nc2c1ncn2C1OC(COP(=O)(NC(C)C(=O)OC(C)C)SCc2c(O)n(C)c(=O)n2C)CC1C. The van der Waals surface area contributed by atoms with E-state index < -0.39 is 36.8 Å². The molecule has 16 nitrogen and oxygen atoms in total. The van der Waals surface area contributed by atoms with Crippen LogP contribution in [0, 0.1) is 5.92 Å². The molecule has 1 aliphatic heterocycles. The summed E-state index contributed by atoms with van der Waals surface area (Å²) in [5.74, 6) is -0.616. The van der Waals surface area contributed by atoms with E-state index in [9.17, 15) is 19.3 Å². The first-order valence-electron chi connectivity index (χ1n) is 13.2. The highest BCUT2D eigenvalue weighted by Gasteiger charge is 2.38. The number of carbonyl (C=O) groups excluding carboxylic acids is 1. The Morgan fingerprint density at radius 1 is 1.31 bits per heavy atom. The molecular weight excluding hydrogens is 591 g/mol. The Labute approximate surface area is 246 Å². The van der Waals surface area contributed by atoms with E-state index in [-0.39, 0.29) is 47.8 Å². The van der Waals surface area contributed by atoms with Crippen LogP contribution >= 0.6 is 18.1 Å². The molecule has 0 saturated carbocycles. The minimum atomic E-state index is -3.81. The highest BCUT2D eigenvalue weighted by molar-refractivity contribution is 8.55. The van der Waals surface area contributed by atoms with E-state index >= 15 is 0 Å². The fraction of sp³-hybridized carbons (Fsp3) is 0.625. The van der Waals surface area contributed by atoms with Gasteiger partial charge in [0.15, 0.2) is 11.2 Å². The maximum absolute atomic E-state index is 14.1. The van der Waals surface area contributed by atoms with Crippen molar-refractivity contribution in [1.82, 2.24) is 33.7 Å². The number of anilines is 1. The summed E-state index contributed by atoms with van der Waals surface area (Å²) in [5, 5.41) is 13.2. The molecule has 0 aliphatic carbocycles. The topological polar surface area (TPSA) is 200 Å². The van der Waals surface area contributed by atoms with Gasteiger partial charge in [0.2, 0.25) is 17.7 Å². The quantitative estimate of drug-likeness (QED) is 0.194. The van der Waals surface area contributed by atoms with Gasteiger partial charge < -0.3 is 29.6 Å². The van der Waals surface area contributed by atoms with Gasteiger partial charge >= 0.3 is 18.4 Å². The van der Waals surface area contributed by atoms with Crippen LogP contribution in [0.5, 0.6) is 11.8 Å². The second-order valence-electron chi connectivity index (χ2n) is 10.4. The Hall–Kier alpha value is -3.11. The zero-order chi connectivity index (χ0) is 30.9. The molecule has 42 heavy (non-hydrogen) atoms. The van der Waals surface area contributed by atoms with Crippen molar-refractivity contribution in [3.8, 4) is 11.8 Å². The lowest BCUT2D eigenvalue weighted by atomic mass is 10.1. The molecule has 0 radical (unpaired) electrons. The number of rotatable bonds is 12.